The number of para-hydroxylation sites is 1. The molecule has 0 radical (unpaired) electrons. The van der Waals surface area contributed by atoms with Crippen LogP contribution in [0.15, 0.2) is 42.5 Å². The zero-order valence-electron chi connectivity index (χ0n) is 14.4. The Balaban J connectivity index is 1.93. The number of nitro groups is 1. The highest BCUT2D eigenvalue weighted by Gasteiger charge is 2.18. The molecule has 2 rings (SSSR count). The van der Waals surface area contributed by atoms with Crippen LogP contribution in [-0.4, -0.2) is 30.5 Å². The minimum Gasteiger partial charge on any atom is -0.497 e. The van der Waals surface area contributed by atoms with Gasteiger partial charge in [-0.25, -0.2) is 0 Å². The highest BCUT2D eigenvalue weighted by Crippen LogP contribution is 2.27. The third-order valence-corrected chi connectivity index (χ3v) is 3.56. The van der Waals surface area contributed by atoms with Crippen molar-refractivity contribution in [2.24, 2.45) is 0 Å². The van der Waals surface area contributed by atoms with E-state index in [0.29, 0.717) is 16.9 Å². The maximum atomic E-state index is 12.0. The standard InChI is InChI=1S/C18H18N2O6/c1-12-5-3-8-15(20(23)24)18(12)19-16(21)11-26-17(22)10-13-6-4-7-14(9-13)25-2/h3-9H,10-11H2,1-2H3,(H,19,21). The third kappa shape index (κ3) is 5.04. The summed E-state index contributed by atoms with van der Waals surface area (Å²) in [4.78, 5) is 34.3. The molecule has 0 spiro atoms. The van der Waals surface area contributed by atoms with Gasteiger partial charge in [0.25, 0.3) is 11.6 Å². The van der Waals surface area contributed by atoms with Gasteiger partial charge in [-0.05, 0) is 30.2 Å². The van der Waals surface area contributed by atoms with Gasteiger partial charge in [0, 0.05) is 6.07 Å². The second-order valence-corrected chi connectivity index (χ2v) is 5.46. The van der Waals surface area contributed by atoms with Crippen molar-refractivity contribution < 1.29 is 24.0 Å². The zero-order valence-corrected chi connectivity index (χ0v) is 14.4. The predicted molar refractivity (Wildman–Crippen MR) is 94.1 cm³/mol. The number of rotatable bonds is 7. The molecule has 0 unspecified atom stereocenters. The van der Waals surface area contributed by atoms with Crippen LogP contribution in [0.2, 0.25) is 0 Å². The maximum Gasteiger partial charge on any atom is 0.310 e. The van der Waals surface area contributed by atoms with Crippen LogP contribution in [0.1, 0.15) is 11.1 Å². The van der Waals surface area contributed by atoms with Crippen LogP contribution in [0.5, 0.6) is 5.75 Å². The minimum absolute atomic E-state index is 0.0189. The van der Waals surface area contributed by atoms with Crippen LogP contribution in [0.4, 0.5) is 11.4 Å². The van der Waals surface area contributed by atoms with E-state index in [0.717, 1.165) is 0 Å². The number of anilines is 1. The lowest BCUT2D eigenvalue weighted by atomic mass is 10.1. The largest absolute Gasteiger partial charge is 0.497 e. The van der Waals surface area contributed by atoms with Gasteiger partial charge < -0.3 is 14.8 Å². The second-order valence-electron chi connectivity index (χ2n) is 5.46. The molecule has 0 aliphatic heterocycles. The summed E-state index contributed by atoms with van der Waals surface area (Å²) in [5.74, 6) is -0.631. The number of hydrogen-bond acceptors (Lipinski definition) is 6. The van der Waals surface area contributed by atoms with Crippen molar-refractivity contribution in [1.82, 2.24) is 0 Å². The van der Waals surface area contributed by atoms with Crippen LogP contribution in [-0.2, 0) is 20.7 Å². The molecule has 1 amide bonds. The van der Waals surface area contributed by atoms with Crippen molar-refractivity contribution in [2.75, 3.05) is 19.0 Å². The molecule has 0 saturated heterocycles. The van der Waals surface area contributed by atoms with E-state index < -0.39 is 23.4 Å². The Morgan fingerprint density at radius 2 is 1.92 bits per heavy atom. The highest BCUT2D eigenvalue weighted by atomic mass is 16.6. The Labute approximate surface area is 149 Å². The quantitative estimate of drug-likeness (QED) is 0.463. The summed E-state index contributed by atoms with van der Waals surface area (Å²) in [6.07, 6.45) is -0.0189. The topological polar surface area (TPSA) is 108 Å². The number of nitro benzene ring substituents is 1. The van der Waals surface area contributed by atoms with Gasteiger partial charge >= 0.3 is 5.97 Å². The van der Waals surface area contributed by atoms with Crippen LogP contribution >= 0.6 is 0 Å². The first kappa shape index (κ1) is 18.9. The van der Waals surface area contributed by atoms with Gasteiger partial charge in [-0.1, -0.05) is 24.3 Å². The van der Waals surface area contributed by atoms with E-state index in [2.05, 4.69) is 5.32 Å². The molecule has 0 heterocycles. The minimum atomic E-state index is -0.651. The summed E-state index contributed by atoms with van der Waals surface area (Å²) in [5.41, 5.74) is 1.09. The molecule has 2 aromatic rings. The molecule has 2 aromatic carbocycles. The van der Waals surface area contributed by atoms with E-state index >= 15 is 0 Å². The molecule has 0 saturated carbocycles. The SMILES string of the molecule is COc1cccc(CC(=O)OCC(=O)Nc2c(C)cccc2[N+](=O)[O-])c1. The number of ether oxygens (including phenoxy) is 2. The number of nitrogens with one attached hydrogen (secondary N) is 1. The summed E-state index contributed by atoms with van der Waals surface area (Å²) in [7, 11) is 1.52. The lowest BCUT2D eigenvalue weighted by Crippen LogP contribution is -2.22. The van der Waals surface area contributed by atoms with Gasteiger partial charge in [0.2, 0.25) is 0 Å². The van der Waals surface area contributed by atoms with E-state index in [1.807, 2.05) is 0 Å². The highest BCUT2D eigenvalue weighted by molar-refractivity contribution is 5.95. The van der Waals surface area contributed by atoms with Gasteiger partial charge in [-0.3, -0.25) is 19.7 Å². The van der Waals surface area contributed by atoms with E-state index in [9.17, 15) is 19.7 Å². The molecule has 0 bridgehead atoms. The van der Waals surface area contributed by atoms with Gasteiger partial charge in [0.1, 0.15) is 11.4 Å². The zero-order chi connectivity index (χ0) is 19.1. The Bertz CT molecular complexity index is 834. The monoisotopic (exact) mass is 358 g/mol. The molecule has 8 heteroatoms. The van der Waals surface area contributed by atoms with Gasteiger partial charge in [-0.2, -0.15) is 0 Å². The predicted octanol–water partition coefficient (Wildman–Crippen LogP) is 2.64. The lowest BCUT2D eigenvalue weighted by molar-refractivity contribution is -0.384. The van der Waals surface area contributed by atoms with E-state index in [4.69, 9.17) is 9.47 Å². The Hall–Kier alpha value is -3.42. The fourth-order valence-corrected chi connectivity index (χ4v) is 2.29. The van der Waals surface area contributed by atoms with Crippen molar-refractivity contribution in [2.45, 2.75) is 13.3 Å². The number of aryl methyl sites for hydroxylation is 1. The molecule has 136 valence electrons. The lowest BCUT2D eigenvalue weighted by Gasteiger charge is -2.09. The number of carbonyl (C=O) groups excluding carboxylic acids is 2. The first-order valence-corrected chi connectivity index (χ1v) is 7.73. The maximum absolute atomic E-state index is 12.0. The molecule has 1 N–H and O–H groups in total. The van der Waals surface area contributed by atoms with Crippen molar-refractivity contribution in [1.29, 1.82) is 0 Å². The summed E-state index contributed by atoms with van der Waals surface area (Å²) in [6.45, 7) is 1.10. The van der Waals surface area contributed by atoms with Crippen LogP contribution < -0.4 is 10.1 Å². The third-order valence-electron chi connectivity index (χ3n) is 3.56. The molecule has 0 aliphatic carbocycles. The summed E-state index contributed by atoms with van der Waals surface area (Å²) in [6, 6.07) is 11.4. The number of carbonyl (C=O) groups is 2. The molecule has 8 nitrogen and oxygen atoms in total. The Morgan fingerprint density at radius 1 is 1.19 bits per heavy atom. The van der Waals surface area contributed by atoms with Crippen LogP contribution in [0.3, 0.4) is 0 Å². The fourth-order valence-electron chi connectivity index (χ4n) is 2.29. The van der Waals surface area contributed by atoms with Crippen LogP contribution in [0, 0.1) is 17.0 Å². The number of hydrogen-bond donors (Lipinski definition) is 1. The fraction of sp³-hybridized carbons (Fsp3) is 0.222. The second kappa shape index (κ2) is 8.61. The summed E-state index contributed by atoms with van der Waals surface area (Å²) < 4.78 is 10.0. The van der Waals surface area contributed by atoms with Crippen molar-refractivity contribution in [3.05, 3.63) is 63.7 Å². The molecule has 0 aliphatic rings. The van der Waals surface area contributed by atoms with E-state index in [1.165, 1.54) is 19.2 Å². The van der Waals surface area contributed by atoms with Crippen molar-refractivity contribution in [3.63, 3.8) is 0 Å². The average molecular weight is 358 g/mol. The normalized spacial score (nSPS) is 10.1. The van der Waals surface area contributed by atoms with Crippen molar-refractivity contribution in [3.8, 4) is 5.75 Å². The summed E-state index contributed by atoms with van der Waals surface area (Å²) in [5, 5.41) is 13.5. The number of esters is 1. The van der Waals surface area contributed by atoms with E-state index in [-0.39, 0.29) is 17.8 Å². The average Bonchev–Trinajstić information content (AvgIpc) is 2.61. The number of amides is 1. The smallest absolute Gasteiger partial charge is 0.310 e. The Morgan fingerprint density at radius 3 is 2.62 bits per heavy atom. The molecule has 0 aromatic heterocycles. The number of benzene rings is 2. The molecular weight excluding hydrogens is 340 g/mol. The van der Waals surface area contributed by atoms with E-state index in [1.54, 1.807) is 37.3 Å². The first-order chi connectivity index (χ1) is 12.4. The van der Waals surface area contributed by atoms with Gasteiger partial charge in [0.05, 0.1) is 18.5 Å². The van der Waals surface area contributed by atoms with Crippen molar-refractivity contribution >= 4 is 23.3 Å². The number of nitrogens with zero attached hydrogens (tertiary/aromatic N) is 1. The Kier molecular flexibility index (Phi) is 6.26. The van der Waals surface area contributed by atoms with Crippen LogP contribution in [0.25, 0.3) is 0 Å². The van der Waals surface area contributed by atoms with Gasteiger partial charge in [-0.15, -0.1) is 0 Å². The molecule has 26 heavy (non-hydrogen) atoms. The number of methoxy groups -OCH3 is 1. The van der Waals surface area contributed by atoms with Gasteiger partial charge in [0.15, 0.2) is 6.61 Å². The molecular formula is C18H18N2O6. The summed E-state index contributed by atoms with van der Waals surface area (Å²) >= 11 is 0. The first-order valence-electron chi connectivity index (χ1n) is 7.73. The molecule has 0 fully saturated rings. The molecule has 0 atom stereocenters.